The normalized spacial score (nSPS) is 22.1. The third-order valence-corrected chi connectivity index (χ3v) is 7.31. The van der Waals surface area contributed by atoms with E-state index in [4.69, 9.17) is 33.2 Å². The maximum absolute atomic E-state index is 12.8. The molecule has 2 aliphatic rings. The first kappa shape index (κ1) is 34.8. The van der Waals surface area contributed by atoms with Crippen LogP contribution >= 0.6 is 0 Å². The minimum Gasteiger partial charge on any atom is -0.480 e. The molecule has 0 aromatic heterocycles. The van der Waals surface area contributed by atoms with E-state index in [1.807, 2.05) is 48.5 Å². The Morgan fingerprint density at radius 1 is 0.723 bits per heavy atom. The van der Waals surface area contributed by atoms with Gasteiger partial charge < -0.3 is 43.6 Å². The number of rotatable bonds is 12. The van der Waals surface area contributed by atoms with E-state index in [9.17, 15) is 33.9 Å². The fourth-order valence-electron chi connectivity index (χ4n) is 5.47. The summed E-state index contributed by atoms with van der Waals surface area (Å²) in [5.41, 5.74) is 3.95. The summed E-state index contributed by atoms with van der Waals surface area (Å²) in [7, 11) is 0. The molecular weight excluding hydrogens is 622 g/mol. The van der Waals surface area contributed by atoms with Crippen LogP contribution in [0, 0.1) is 0 Å². The lowest BCUT2D eigenvalue weighted by atomic mass is 9.98. The van der Waals surface area contributed by atoms with Crippen LogP contribution in [-0.2, 0) is 57.1 Å². The number of carbonyl (C=O) groups is 6. The van der Waals surface area contributed by atoms with Crippen LogP contribution < -0.4 is 5.32 Å². The number of carbonyl (C=O) groups excluding carboxylic acids is 5. The van der Waals surface area contributed by atoms with Gasteiger partial charge in [-0.15, -0.1) is 0 Å². The van der Waals surface area contributed by atoms with Gasteiger partial charge in [-0.3, -0.25) is 19.2 Å². The molecule has 0 bridgehead atoms. The van der Waals surface area contributed by atoms with E-state index in [0.717, 1.165) is 49.9 Å². The number of fused-ring (bicyclic) bond motifs is 3. The van der Waals surface area contributed by atoms with Crippen LogP contribution in [0.15, 0.2) is 48.5 Å². The van der Waals surface area contributed by atoms with Crippen molar-refractivity contribution in [2.24, 2.45) is 0 Å². The summed E-state index contributed by atoms with van der Waals surface area (Å²) in [5, 5.41) is 12.1. The van der Waals surface area contributed by atoms with E-state index in [-0.39, 0.29) is 12.5 Å². The lowest BCUT2D eigenvalue weighted by molar-refractivity contribution is -0.308. The molecule has 15 heteroatoms. The van der Waals surface area contributed by atoms with E-state index >= 15 is 0 Å². The van der Waals surface area contributed by atoms with Crippen molar-refractivity contribution in [1.82, 2.24) is 5.32 Å². The summed E-state index contributed by atoms with van der Waals surface area (Å²) in [6.45, 7) is 2.98. The molecule has 6 atom stereocenters. The Morgan fingerprint density at radius 2 is 1.26 bits per heavy atom. The number of hydrogen-bond acceptors (Lipinski definition) is 13. The molecule has 1 aliphatic heterocycles. The van der Waals surface area contributed by atoms with E-state index < -0.39 is 85.9 Å². The van der Waals surface area contributed by atoms with E-state index in [2.05, 4.69) is 5.32 Å². The number of alkyl carbamates (subject to hydrolysis) is 1. The number of benzene rings is 2. The zero-order chi connectivity index (χ0) is 34.2. The van der Waals surface area contributed by atoms with E-state index in [0.29, 0.717) is 0 Å². The summed E-state index contributed by atoms with van der Waals surface area (Å²) in [5.74, 6) is -5.01. The van der Waals surface area contributed by atoms with Gasteiger partial charge in [0.15, 0.2) is 30.6 Å². The molecule has 1 fully saturated rings. The SMILES string of the molecule is CC(=O)OC[C@H]1O[C@@H](OC[C@H](NC(=O)OCC2c3ccccc3-c3ccccc32)C(=O)O)[C@@H](OC(C)=O)[C@H](OC(C)=O)[C@@H]1OC(C)=O. The standard InChI is InChI=1S/C32H35NO14/c1-16(34)41-15-26-27(44-17(2)35)28(45-18(3)36)29(46-19(4)37)31(47-26)42-14-25(30(38)39)33-32(40)43-13-24-22-11-7-5-9-20(22)21-10-6-8-12-23(21)24/h5-12,24-29,31H,13-15H2,1-4H3,(H,33,40)(H,38,39)/t25-,26+,27+,28+,29-,31+/m0/s1. The summed E-state index contributed by atoms with van der Waals surface area (Å²) in [6, 6.07) is 13.7. The summed E-state index contributed by atoms with van der Waals surface area (Å²) in [6.07, 6.45) is -8.49. The number of amides is 1. The Hall–Kier alpha value is -5.02. The first-order chi connectivity index (χ1) is 22.3. The molecule has 0 spiro atoms. The first-order valence-electron chi connectivity index (χ1n) is 14.6. The van der Waals surface area contributed by atoms with Crippen molar-refractivity contribution in [2.45, 2.75) is 70.4 Å². The Bertz CT molecular complexity index is 1460. The van der Waals surface area contributed by atoms with Crippen molar-refractivity contribution in [3.8, 4) is 11.1 Å². The topological polar surface area (TPSA) is 199 Å². The molecule has 15 nitrogen and oxygen atoms in total. The van der Waals surface area contributed by atoms with Gasteiger partial charge in [-0.2, -0.15) is 0 Å². The lowest BCUT2D eigenvalue weighted by Gasteiger charge is -2.44. The molecule has 2 aromatic carbocycles. The fraction of sp³-hybridized carbons (Fsp3) is 0.438. The first-order valence-corrected chi connectivity index (χ1v) is 14.6. The van der Waals surface area contributed by atoms with Crippen LogP contribution in [0.3, 0.4) is 0 Å². The molecule has 4 rings (SSSR count). The van der Waals surface area contributed by atoms with Gasteiger partial charge in [0.1, 0.15) is 19.3 Å². The monoisotopic (exact) mass is 657 g/mol. The Kier molecular flexibility index (Phi) is 11.5. The highest BCUT2D eigenvalue weighted by Gasteiger charge is 2.53. The summed E-state index contributed by atoms with van der Waals surface area (Å²) < 4.78 is 37.9. The molecule has 2 aromatic rings. The second kappa shape index (κ2) is 15.5. The predicted octanol–water partition coefficient (Wildman–Crippen LogP) is 2.08. The molecule has 1 saturated heterocycles. The molecule has 1 aliphatic carbocycles. The molecule has 47 heavy (non-hydrogen) atoms. The van der Waals surface area contributed by atoms with Gasteiger partial charge in [0.2, 0.25) is 0 Å². The number of esters is 4. The molecule has 0 unspecified atom stereocenters. The summed E-state index contributed by atoms with van der Waals surface area (Å²) in [4.78, 5) is 72.4. The van der Waals surface area contributed by atoms with Crippen molar-refractivity contribution >= 4 is 35.9 Å². The van der Waals surface area contributed by atoms with Gasteiger partial charge in [-0.25, -0.2) is 9.59 Å². The van der Waals surface area contributed by atoms with Crippen LogP contribution in [0.4, 0.5) is 4.79 Å². The van der Waals surface area contributed by atoms with Gasteiger partial charge >= 0.3 is 35.9 Å². The highest BCUT2D eigenvalue weighted by Crippen LogP contribution is 2.44. The van der Waals surface area contributed by atoms with Crippen LogP contribution in [0.5, 0.6) is 0 Å². The van der Waals surface area contributed by atoms with Gasteiger partial charge in [0.25, 0.3) is 0 Å². The number of ether oxygens (including phenoxy) is 7. The van der Waals surface area contributed by atoms with Crippen LogP contribution in [-0.4, -0.2) is 97.6 Å². The van der Waals surface area contributed by atoms with Crippen LogP contribution in [0.1, 0.15) is 44.7 Å². The average molecular weight is 658 g/mol. The lowest BCUT2D eigenvalue weighted by Crippen LogP contribution is -2.63. The van der Waals surface area contributed by atoms with Gasteiger partial charge in [-0.05, 0) is 22.3 Å². The Morgan fingerprint density at radius 3 is 1.79 bits per heavy atom. The molecule has 0 saturated carbocycles. The van der Waals surface area contributed by atoms with Crippen molar-refractivity contribution in [2.75, 3.05) is 19.8 Å². The maximum atomic E-state index is 12.8. The molecule has 252 valence electrons. The van der Waals surface area contributed by atoms with Gasteiger partial charge in [0, 0.05) is 33.6 Å². The van der Waals surface area contributed by atoms with Crippen molar-refractivity contribution in [3.05, 3.63) is 59.7 Å². The van der Waals surface area contributed by atoms with Crippen molar-refractivity contribution < 1.29 is 67.0 Å². The molecule has 2 N–H and O–H groups in total. The molecular formula is C32H35NO14. The number of nitrogens with one attached hydrogen (secondary N) is 1. The Balaban J connectivity index is 1.48. The predicted molar refractivity (Wildman–Crippen MR) is 158 cm³/mol. The minimum absolute atomic E-state index is 0.0766. The van der Waals surface area contributed by atoms with Crippen molar-refractivity contribution in [3.63, 3.8) is 0 Å². The highest BCUT2D eigenvalue weighted by molar-refractivity contribution is 5.81. The van der Waals surface area contributed by atoms with Gasteiger partial charge in [0.05, 0.1) is 6.61 Å². The Labute approximate surface area is 269 Å². The highest BCUT2D eigenvalue weighted by atomic mass is 16.7. The average Bonchev–Trinajstić information content (AvgIpc) is 3.32. The second-order valence-corrected chi connectivity index (χ2v) is 10.8. The van der Waals surface area contributed by atoms with Crippen LogP contribution in [0.25, 0.3) is 11.1 Å². The third kappa shape index (κ3) is 8.83. The number of carboxylic acid groups (broad SMARTS) is 1. The molecule has 1 amide bonds. The molecule has 0 radical (unpaired) electrons. The maximum Gasteiger partial charge on any atom is 0.407 e. The number of aliphatic carboxylic acids is 1. The minimum atomic E-state index is -1.68. The summed E-state index contributed by atoms with van der Waals surface area (Å²) >= 11 is 0. The zero-order valence-electron chi connectivity index (χ0n) is 26.0. The third-order valence-electron chi connectivity index (χ3n) is 7.31. The van der Waals surface area contributed by atoms with E-state index in [1.165, 1.54) is 0 Å². The number of carboxylic acids is 1. The molecule has 1 heterocycles. The van der Waals surface area contributed by atoms with Gasteiger partial charge in [-0.1, -0.05) is 48.5 Å². The smallest absolute Gasteiger partial charge is 0.407 e. The zero-order valence-corrected chi connectivity index (χ0v) is 26.0. The second-order valence-electron chi connectivity index (χ2n) is 10.8. The number of hydrogen-bond donors (Lipinski definition) is 2. The quantitative estimate of drug-likeness (QED) is 0.248. The fourth-order valence-corrected chi connectivity index (χ4v) is 5.47. The largest absolute Gasteiger partial charge is 0.480 e. The van der Waals surface area contributed by atoms with Crippen molar-refractivity contribution in [1.29, 1.82) is 0 Å². The van der Waals surface area contributed by atoms with Crippen LogP contribution in [0.2, 0.25) is 0 Å². The van der Waals surface area contributed by atoms with E-state index in [1.54, 1.807) is 0 Å².